The molecule has 1 nitrogen and oxygen atoms in total. The summed E-state index contributed by atoms with van der Waals surface area (Å²) in [4.78, 5) is 0. The van der Waals surface area contributed by atoms with Crippen LogP contribution in [0.5, 0.6) is 5.75 Å². The van der Waals surface area contributed by atoms with Gasteiger partial charge in [0.25, 0.3) is 0 Å². The standard InChI is InChI=1S/C12H19OP.C8H12.Ir/c1-9(2)14(10(3)4)12-8-6-5-7-11(12)13;1-2-4-6-8-7-5-3-1;/h5-10,13H,1-4H3;1-2,7-8H,3-6H2;/b;2-1-,8-7-;. The molecule has 0 unspecified atom stereocenters. The van der Waals surface area contributed by atoms with Crippen LogP contribution >= 0.6 is 7.92 Å². The molecule has 0 saturated heterocycles. The van der Waals surface area contributed by atoms with Gasteiger partial charge in [0.15, 0.2) is 0 Å². The van der Waals surface area contributed by atoms with Gasteiger partial charge in [-0.3, -0.25) is 0 Å². The van der Waals surface area contributed by atoms with Gasteiger partial charge in [0.05, 0.1) is 16.6 Å². The molecule has 0 saturated carbocycles. The minimum absolute atomic E-state index is 0. The van der Waals surface area contributed by atoms with Crippen molar-refractivity contribution in [2.45, 2.75) is 64.7 Å². The van der Waals surface area contributed by atoms with Gasteiger partial charge in [-0.2, -0.15) is 0 Å². The minimum atomic E-state index is -0.699. The second kappa shape index (κ2) is 12.9. The first kappa shape index (κ1) is 22.6. The number of para-hydroxylation sites is 1. The third-order valence-electron chi connectivity index (χ3n) is 3.78. The van der Waals surface area contributed by atoms with Crippen LogP contribution in [0, 0.1) is 0 Å². The molecule has 0 bridgehead atoms. The van der Waals surface area contributed by atoms with Gasteiger partial charge >= 0.3 is 0 Å². The molecule has 0 atom stereocenters. The summed E-state index contributed by atoms with van der Waals surface area (Å²) in [6.45, 7) is 8.89. The average molecular weight is 511 g/mol. The van der Waals surface area contributed by atoms with Crippen LogP contribution in [0.4, 0.5) is 0 Å². The Morgan fingerprint density at radius 1 is 0.783 bits per heavy atom. The van der Waals surface area contributed by atoms with E-state index in [-0.39, 0.29) is 25.9 Å². The van der Waals surface area contributed by atoms with E-state index < -0.39 is 7.92 Å². The summed E-state index contributed by atoms with van der Waals surface area (Å²) in [5.41, 5.74) is 1.24. The van der Waals surface area contributed by atoms with Gasteiger partial charge in [-0.1, -0.05) is 48.3 Å². The fourth-order valence-corrected chi connectivity index (χ4v) is 6.08. The van der Waals surface area contributed by atoms with Gasteiger partial charge in [-0.25, -0.2) is 0 Å². The van der Waals surface area contributed by atoms with Gasteiger partial charge in [-0.05, 0) is 59.4 Å². The monoisotopic (exact) mass is 511 g/mol. The molecule has 0 aliphatic heterocycles. The molecule has 1 aromatic carbocycles. The van der Waals surface area contributed by atoms with Gasteiger partial charge in [0, 0.05) is 28.0 Å². The SMILES string of the molecule is C1=C\CC/C=C\CC/1.CC(C)[PH+](c1ccccc1[O-])C(C)C.[Ir]. The number of allylic oxidation sites excluding steroid dienone is 4. The van der Waals surface area contributed by atoms with Crippen LogP contribution in [0.1, 0.15) is 53.4 Å². The fourth-order valence-electron chi connectivity index (χ4n) is 2.85. The Morgan fingerprint density at radius 3 is 1.52 bits per heavy atom. The Hall–Kier alpha value is -0.421. The van der Waals surface area contributed by atoms with E-state index in [0.29, 0.717) is 11.3 Å². The molecule has 1 radical (unpaired) electrons. The Morgan fingerprint density at radius 2 is 1.17 bits per heavy atom. The van der Waals surface area contributed by atoms with Crippen molar-refractivity contribution < 1.29 is 25.2 Å². The van der Waals surface area contributed by atoms with Crippen molar-refractivity contribution in [2.75, 3.05) is 0 Å². The van der Waals surface area contributed by atoms with Gasteiger partial charge < -0.3 is 5.11 Å². The van der Waals surface area contributed by atoms with Gasteiger partial charge in [-0.15, -0.1) is 0 Å². The summed E-state index contributed by atoms with van der Waals surface area (Å²) in [5.74, 6) is 0.226. The summed E-state index contributed by atoms with van der Waals surface area (Å²) in [7, 11) is -0.699. The van der Waals surface area contributed by atoms with Crippen LogP contribution in [0.25, 0.3) is 0 Å². The first-order chi connectivity index (χ1) is 10.5. The molecular weight excluding hydrogens is 479 g/mol. The molecular formula is C20H31IrOP. The average Bonchev–Trinajstić information content (AvgIpc) is 2.40. The zero-order valence-electron chi connectivity index (χ0n) is 14.8. The first-order valence-electron chi connectivity index (χ1n) is 8.47. The van der Waals surface area contributed by atoms with Crippen LogP contribution in [-0.2, 0) is 20.1 Å². The summed E-state index contributed by atoms with van der Waals surface area (Å²) in [6, 6.07) is 7.50. The van der Waals surface area contributed by atoms with Crippen LogP contribution < -0.4 is 10.4 Å². The molecule has 2 rings (SSSR count). The topological polar surface area (TPSA) is 23.1 Å². The van der Waals surface area contributed by atoms with Crippen molar-refractivity contribution in [3.63, 3.8) is 0 Å². The van der Waals surface area contributed by atoms with Crippen molar-refractivity contribution in [1.82, 2.24) is 0 Å². The summed E-state index contributed by atoms with van der Waals surface area (Å²) < 4.78 is 0. The summed E-state index contributed by atoms with van der Waals surface area (Å²) in [6.07, 6.45) is 14.0. The molecule has 0 heterocycles. The van der Waals surface area contributed by atoms with E-state index in [1.54, 1.807) is 6.07 Å². The van der Waals surface area contributed by atoms with Gasteiger partial charge in [0.2, 0.25) is 0 Å². The maximum absolute atomic E-state index is 11.7. The van der Waals surface area contributed by atoms with E-state index in [2.05, 4.69) is 52.0 Å². The van der Waals surface area contributed by atoms with Crippen LogP contribution in [-0.4, -0.2) is 11.3 Å². The summed E-state index contributed by atoms with van der Waals surface area (Å²) >= 11 is 0. The van der Waals surface area contributed by atoms with Crippen LogP contribution in [0.2, 0.25) is 0 Å². The molecule has 0 spiro atoms. The van der Waals surface area contributed by atoms with E-state index in [1.165, 1.54) is 25.7 Å². The van der Waals surface area contributed by atoms with Crippen molar-refractivity contribution in [2.24, 2.45) is 0 Å². The van der Waals surface area contributed by atoms with Crippen molar-refractivity contribution in [3.05, 3.63) is 48.6 Å². The van der Waals surface area contributed by atoms with E-state index >= 15 is 0 Å². The number of hydrogen-bond donors (Lipinski definition) is 0. The number of rotatable bonds is 3. The zero-order valence-corrected chi connectivity index (χ0v) is 18.2. The molecule has 0 fully saturated rings. The van der Waals surface area contributed by atoms with Crippen LogP contribution in [0.3, 0.4) is 0 Å². The third kappa shape index (κ3) is 8.85. The molecule has 0 aromatic heterocycles. The largest absolute Gasteiger partial charge is 0.870 e. The normalized spacial score (nSPS) is 16.8. The molecule has 1 aliphatic carbocycles. The smallest absolute Gasteiger partial charge is 0.0842 e. The Labute approximate surface area is 157 Å². The third-order valence-corrected chi connectivity index (χ3v) is 7.30. The summed E-state index contributed by atoms with van der Waals surface area (Å²) in [5, 5.41) is 12.8. The second-order valence-electron chi connectivity index (χ2n) is 6.36. The molecule has 3 heteroatoms. The van der Waals surface area contributed by atoms with E-state index in [1.807, 2.05) is 18.2 Å². The Kier molecular flexibility index (Phi) is 12.7. The van der Waals surface area contributed by atoms with E-state index in [0.717, 1.165) is 5.30 Å². The fraction of sp³-hybridized carbons (Fsp3) is 0.500. The number of benzene rings is 1. The molecule has 1 aromatic rings. The molecule has 0 N–H and O–H groups in total. The van der Waals surface area contributed by atoms with E-state index in [4.69, 9.17) is 0 Å². The Bertz CT molecular complexity index is 446. The number of hydrogen-bond acceptors (Lipinski definition) is 1. The first-order valence-corrected chi connectivity index (χ1v) is 10.1. The van der Waals surface area contributed by atoms with Crippen molar-refractivity contribution in [3.8, 4) is 5.75 Å². The Balaban J connectivity index is 0.000000460. The van der Waals surface area contributed by atoms with Crippen LogP contribution in [0.15, 0.2) is 48.6 Å². The van der Waals surface area contributed by atoms with Crippen molar-refractivity contribution in [1.29, 1.82) is 0 Å². The van der Waals surface area contributed by atoms with E-state index in [9.17, 15) is 5.11 Å². The predicted molar refractivity (Wildman–Crippen MR) is 101 cm³/mol. The van der Waals surface area contributed by atoms with Gasteiger partial charge in [0.1, 0.15) is 0 Å². The quantitative estimate of drug-likeness (QED) is 0.411. The molecule has 0 amide bonds. The predicted octanol–water partition coefficient (Wildman–Crippen LogP) is 5.09. The second-order valence-corrected chi connectivity index (χ2v) is 10.1. The van der Waals surface area contributed by atoms with Crippen molar-refractivity contribution >= 4 is 13.2 Å². The zero-order chi connectivity index (χ0) is 16.4. The molecule has 131 valence electrons. The molecule has 23 heavy (non-hydrogen) atoms. The maximum atomic E-state index is 11.7. The molecule has 1 aliphatic rings. The maximum Gasteiger partial charge on any atom is 0.0842 e. The minimum Gasteiger partial charge on any atom is -0.870 e.